The third kappa shape index (κ3) is 2.86. The van der Waals surface area contributed by atoms with Gasteiger partial charge in [0.25, 0.3) is 0 Å². The van der Waals surface area contributed by atoms with Crippen molar-refractivity contribution in [2.24, 2.45) is 0 Å². The number of carboxylic acid groups (broad SMARTS) is 1. The van der Waals surface area contributed by atoms with Gasteiger partial charge < -0.3 is 15.0 Å². The zero-order valence-corrected chi connectivity index (χ0v) is 12.0. The first kappa shape index (κ1) is 13.8. The van der Waals surface area contributed by atoms with Crippen LogP contribution in [0, 0.1) is 12.7 Å². The van der Waals surface area contributed by atoms with E-state index in [9.17, 15) is 9.18 Å². The van der Waals surface area contributed by atoms with Crippen LogP contribution in [0.15, 0.2) is 16.6 Å². The molecule has 2 aromatic rings. The van der Waals surface area contributed by atoms with Gasteiger partial charge in [-0.05, 0) is 26.0 Å². The van der Waals surface area contributed by atoms with Crippen LogP contribution in [0.25, 0.3) is 11.0 Å². The minimum absolute atomic E-state index is 0.295. The predicted molar refractivity (Wildman–Crippen MR) is 72.8 cm³/mol. The largest absolute Gasteiger partial charge is 0.465 e. The quantitative estimate of drug-likeness (QED) is 0.909. The molecule has 0 saturated carbocycles. The van der Waals surface area contributed by atoms with E-state index in [2.05, 4.69) is 26.2 Å². The van der Waals surface area contributed by atoms with E-state index < -0.39 is 11.9 Å². The highest BCUT2D eigenvalue weighted by atomic mass is 79.9. The second-order valence-corrected chi connectivity index (χ2v) is 5.29. The summed E-state index contributed by atoms with van der Waals surface area (Å²) in [5, 5.41) is 11.0. The van der Waals surface area contributed by atoms with Gasteiger partial charge in [-0.1, -0.05) is 15.9 Å². The summed E-state index contributed by atoms with van der Waals surface area (Å²) in [7, 11) is 0. The molecule has 2 rings (SSSR count). The van der Waals surface area contributed by atoms with Crippen molar-refractivity contribution in [2.75, 3.05) is 0 Å². The highest BCUT2D eigenvalue weighted by molar-refractivity contribution is 9.10. The van der Waals surface area contributed by atoms with Gasteiger partial charge in [-0.25, -0.2) is 14.2 Å². The van der Waals surface area contributed by atoms with E-state index in [1.54, 1.807) is 24.5 Å². The standard InChI is InChI=1S/C12H13BrFN3O2/c1-6(15-12(18)19)5-17-7(2)16-11-9(14)3-8(13)4-10(11)17/h3-4,6,15H,5H2,1-2H3,(H,18,19). The number of carbonyl (C=O) groups is 1. The molecule has 1 atom stereocenters. The number of nitrogens with zero attached hydrogens (tertiary/aromatic N) is 2. The fraction of sp³-hybridized carbons (Fsp3) is 0.333. The molecule has 19 heavy (non-hydrogen) atoms. The third-order valence-electron chi connectivity index (χ3n) is 2.79. The Balaban J connectivity index is 2.42. The summed E-state index contributed by atoms with van der Waals surface area (Å²) < 4.78 is 16.2. The van der Waals surface area contributed by atoms with Crippen molar-refractivity contribution in [1.82, 2.24) is 14.9 Å². The van der Waals surface area contributed by atoms with E-state index in [0.717, 1.165) is 0 Å². The summed E-state index contributed by atoms with van der Waals surface area (Å²) in [4.78, 5) is 14.8. The summed E-state index contributed by atoms with van der Waals surface area (Å²) in [6.07, 6.45) is -1.08. The molecular weight excluding hydrogens is 317 g/mol. The van der Waals surface area contributed by atoms with Crippen molar-refractivity contribution in [2.45, 2.75) is 26.4 Å². The molecule has 0 aliphatic carbocycles. The number of aromatic nitrogens is 2. The maximum Gasteiger partial charge on any atom is 0.404 e. The second-order valence-electron chi connectivity index (χ2n) is 4.38. The number of fused-ring (bicyclic) bond motifs is 1. The van der Waals surface area contributed by atoms with Crippen molar-refractivity contribution >= 4 is 33.1 Å². The van der Waals surface area contributed by atoms with Crippen LogP contribution in [0.5, 0.6) is 0 Å². The van der Waals surface area contributed by atoms with Gasteiger partial charge >= 0.3 is 6.09 Å². The normalized spacial score (nSPS) is 12.6. The van der Waals surface area contributed by atoms with Gasteiger partial charge in [0, 0.05) is 17.1 Å². The molecule has 0 saturated heterocycles. The van der Waals surface area contributed by atoms with Crippen LogP contribution < -0.4 is 5.32 Å². The number of halogens is 2. The molecule has 1 amide bonds. The zero-order chi connectivity index (χ0) is 14.2. The summed E-state index contributed by atoms with van der Waals surface area (Å²) in [5.41, 5.74) is 0.937. The maximum atomic E-state index is 13.8. The van der Waals surface area contributed by atoms with Crippen LogP contribution in [0.3, 0.4) is 0 Å². The Morgan fingerprint density at radius 1 is 1.63 bits per heavy atom. The first-order chi connectivity index (χ1) is 8.88. The van der Waals surface area contributed by atoms with Crippen LogP contribution in [-0.4, -0.2) is 26.8 Å². The molecule has 1 aromatic heterocycles. The highest BCUT2D eigenvalue weighted by Gasteiger charge is 2.15. The van der Waals surface area contributed by atoms with E-state index in [0.29, 0.717) is 27.9 Å². The van der Waals surface area contributed by atoms with Crippen molar-refractivity contribution in [3.8, 4) is 0 Å². The molecule has 2 N–H and O–H groups in total. The zero-order valence-electron chi connectivity index (χ0n) is 10.4. The maximum absolute atomic E-state index is 13.8. The number of hydrogen-bond acceptors (Lipinski definition) is 2. The summed E-state index contributed by atoms with van der Waals surface area (Å²) in [5.74, 6) is 0.246. The van der Waals surface area contributed by atoms with Crippen LogP contribution in [0.2, 0.25) is 0 Å². The van der Waals surface area contributed by atoms with Crippen LogP contribution >= 0.6 is 15.9 Å². The third-order valence-corrected chi connectivity index (χ3v) is 3.25. The molecular formula is C12H13BrFN3O2. The number of hydrogen-bond donors (Lipinski definition) is 2. The van der Waals surface area contributed by atoms with Gasteiger partial charge in [-0.15, -0.1) is 0 Å². The van der Waals surface area contributed by atoms with Gasteiger partial charge in [0.2, 0.25) is 0 Å². The van der Waals surface area contributed by atoms with Crippen LogP contribution in [-0.2, 0) is 6.54 Å². The predicted octanol–water partition coefficient (Wildman–Crippen LogP) is 2.90. The lowest BCUT2D eigenvalue weighted by Gasteiger charge is -2.14. The van der Waals surface area contributed by atoms with Gasteiger partial charge in [0.05, 0.1) is 5.52 Å². The lowest BCUT2D eigenvalue weighted by atomic mass is 10.3. The monoisotopic (exact) mass is 329 g/mol. The second kappa shape index (κ2) is 5.16. The lowest BCUT2D eigenvalue weighted by molar-refractivity contribution is 0.189. The fourth-order valence-electron chi connectivity index (χ4n) is 2.03. The minimum atomic E-state index is -1.08. The molecule has 0 radical (unpaired) electrons. The van der Waals surface area contributed by atoms with E-state index >= 15 is 0 Å². The first-order valence-corrected chi connectivity index (χ1v) is 6.49. The number of rotatable bonds is 3. The number of aryl methyl sites for hydroxylation is 1. The van der Waals surface area contributed by atoms with E-state index in [1.807, 2.05) is 0 Å². The Labute approximate surface area is 117 Å². The summed E-state index contributed by atoms with van der Waals surface area (Å²) in [6.45, 7) is 3.90. The Morgan fingerprint density at radius 2 is 2.32 bits per heavy atom. The van der Waals surface area contributed by atoms with Crippen molar-refractivity contribution in [1.29, 1.82) is 0 Å². The van der Waals surface area contributed by atoms with Crippen LogP contribution in [0.1, 0.15) is 12.7 Å². The van der Waals surface area contributed by atoms with Gasteiger partial charge in [0.15, 0.2) is 5.82 Å². The number of nitrogens with one attached hydrogen (secondary N) is 1. The number of amides is 1. The fourth-order valence-corrected chi connectivity index (χ4v) is 2.44. The molecule has 0 fully saturated rings. The Morgan fingerprint density at radius 3 is 2.95 bits per heavy atom. The molecule has 0 aliphatic rings. The van der Waals surface area contributed by atoms with Crippen LogP contribution in [0.4, 0.5) is 9.18 Å². The van der Waals surface area contributed by atoms with Crippen molar-refractivity contribution in [3.05, 3.63) is 28.2 Å². The van der Waals surface area contributed by atoms with E-state index in [1.165, 1.54) is 6.07 Å². The van der Waals surface area contributed by atoms with E-state index in [-0.39, 0.29) is 6.04 Å². The molecule has 5 nitrogen and oxygen atoms in total. The molecule has 0 bridgehead atoms. The van der Waals surface area contributed by atoms with Gasteiger partial charge in [0.1, 0.15) is 11.3 Å². The van der Waals surface area contributed by atoms with Crippen molar-refractivity contribution < 1.29 is 14.3 Å². The first-order valence-electron chi connectivity index (χ1n) is 5.70. The molecule has 102 valence electrons. The SMILES string of the molecule is Cc1nc2c(F)cc(Br)cc2n1CC(C)NC(=O)O. The molecule has 1 aromatic carbocycles. The summed E-state index contributed by atoms with van der Waals surface area (Å²) in [6, 6.07) is 2.83. The Hall–Kier alpha value is -1.63. The smallest absolute Gasteiger partial charge is 0.404 e. The Bertz CT molecular complexity index is 641. The summed E-state index contributed by atoms with van der Waals surface area (Å²) >= 11 is 3.24. The topological polar surface area (TPSA) is 67.2 Å². The average molecular weight is 330 g/mol. The van der Waals surface area contributed by atoms with Gasteiger partial charge in [-0.2, -0.15) is 0 Å². The average Bonchev–Trinajstić information content (AvgIpc) is 2.56. The molecule has 7 heteroatoms. The molecule has 0 aliphatic heterocycles. The number of imidazole rings is 1. The number of benzene rings is 1. The molecule has 1 unspecified atom stereocenters. The molecule has 1 heterocycles. The minimum Gasteiger partial charge on any atom is -0.465 e. The molecule has 0 spiro atoms. The van der Waals surface area contributed by atoms with E-state index in [4.69, 9.17) is 5.11 Å². The van der Waals surface area contributed by atoms with Gasteiger partial charge in [-0.3, -0.25) is 0 Å². The lowest BCUT2D eigenvalue weighted by Crippen LogP contribution is -2.34. The Kier molecular flexibility index (Phi) is 3.75. The van der Waals surface area contributed by atoms with Crippen molar-refractivity contribution in [3.63, 3.8) is 0 Å². The highest BCUT2D eigenvalue weighted by Crippen LogP contribution is 2.24.